The Morgan fingerprint density at radius 3 is 1.71 bits per heavy atom. The molecule has 0 spiro atoms. The molecule has 0 saturated heterocycles. The van der Waals surface area contributed by atoms with Gasteiger partial charge >= 0.3 is 12.1 Å². The van der Waals surface area contributed by atoms with Gasteiger partial charge in [0.15, 0.2) is 23.3 Å². The van der Waals surface area contributed by atoms with Crippen molar-refractivity contribution in [1.82, 2.24) is 0 Å². The standard InChI is InChI=1S/C8HF9N2.FH.Si/c9-1-2(10)4(12)6-5(3(1)11)18-7(13,14)8(15,16)19(6)17;;/h18H;1H;. The number of nitrogens with one attached hydrogen (secondary N) is 1. The van der Waals surface area contributed by atoms with Crippen LogP contribution in [-0.4, -0.2) is 23.1 Å². The van der Waals surface area contributed by atoms with Gasteiger partial charge in [0.25, 0.3) is 0 Å². The number of rotatable bonds is 0. The Hall–Kier alpha value is -1.66. The van der Waals surface area contributed by atoms with Crippen molar-refractivity contribution in [2.75, 3.05) is 10.4 Å². The van der Waals surface area contributed by atoms with Crippen LogP contribution in [0.4, 0.5) is 55.7 Å². The summed E-state index contributed by atoms with van der Waals surface area (Å²) in [5.74, 6) is -10.2. The SMILES string of the molecule is F.Fc1c(F)c(F)c2c(c1F)NC(F)(F)C(F)(F)N2F.[Si]. The fourth-order valence-electron chi connectivity index (χ4n) is 1.41. The summed E-state index contributed by atoms with van der Waals surface area (Å²) < 4.78 is 116. The van der Waals surface area contributed by atoms with Crippen molar-refractivity contribution in [3.05, 3.63) is 23.3 Å². The van der Waals surface area contributed by atoms with E-state index < -0.39 is 51.9 Å². The Morgan fingerprint density at radius 1 is 0.810 bits per heavy atom. The van der Waals surface area contributed by atoms with E-state index in [0.29, 0.717) is 5.32 Å². The highest BCUT2D eigenvalue weighted by molar-refractivity contribution is 5.75. The van der Waals surface area contributed by atoms with Crippen molar-refractivity contribution >= 4 is 22.3 Å². The molecular formula is C8H2F10N2Si. The van der Waals surface area contributed by atoms with E-state index in [4.69, 9.17) is 0 Å². The molecule has 2 rings (SSSR count). The quantitative estimate of drug-likeness (QED) is 0.194. The minimum Gasteiger partial charge on any atom is -0.315 e. The predicted octanol–water partition coefficient (Wildman–Crippen LogP) is 3.32. The monoisotopic (exact) mass is 344 g/mol. The summed E-state index contributed by atoms with van der Waals surface area (Å²) >= 11 is 0. The maximum atomic E-state index is 13.1. The smallest absolute Gasteiger partial charge is 0.315 e. The van der Waals surface area contributed by atoms with Crippen LogP contribution in [0.3, 0.4) is 0 Å². The molecule has 0 bridgehead atoms. The number of hydrogen-bond donors (Lipinski definition) is 1. The van der Waals surface area contributed by atoms with Crippen molar-refractivity contribution in [1.29, 1.82) is 0 Å². The first-order valence-corrected chi connectivity index (χ1v) is 4.38. The fraction of sp³-hybridized carbons (Fsp3) is 0.250. The van der Waals surface area contributed by atoms with Gasteiger partial charge in [0, 0.05) is 11.0 Å². The summed E-state index contributed by atoms with van der Waals surface area (Å²) in [4.78, 5) is 0. The molecule has 1 aromatic carbocycles. The van der Waals surface area contributed by atoms with Gasteiger partial charge in [-0.25, -0.2) is 17.6 Å². The van der Waals surface area contributed by atoms with E-state index in [1.54, 1.807) is 0 Å². The third kappa shape index (κ3) is 2.28. The normalized spacial score (nSPS) is 18.0. The molecule has 1 aliphatic rings. The van der Waals surface area contributed by atoms with E-state index in [0.717, 1.165) is 0 Å². The molecule has 118 valence electrons. The van der Waals surface area contributed by atoms with E-state index in [2.05, 4.69) is 0 Å². The first-order chi connectivity index (χ1) is 8.52. The molecule has 13 heteroatoms. The molecule has 1 aromatic rings. The number of halogens is 10. The highest BCUT2D eigenvalue weighted by Crippen LogP contribution is 2.50. The second-order valence-corrected chi connectivity index (χ2v) is 3.50. The average molecular weight is 344 g/mol. The Bertz CT molecular complexity index is 563. The van der Waals surface area contributed by atoms with E-state index in [-0.39, 0.29) is 15.7 Å². The minimum absolute atomic E-state index is 0. The molecule has 0 aromatic heterocycles. The Morgan fingerprint density at radius 2 is 1.24 bits per heavy atom. The molecule has 1 aliphatic heterocycles. The van der Waals surface area contributed by atoms with Gasteiger partial charge in [-0.15, -0.1) is 5.12 Å². The highest BCUT2D eigenvalue weighted by atomic mass is 28.1. The van der Waals surface area contributed by atoms with Crippen LogP contribution in [0.2, 0.25) is 0 Å². The van der Waals surface area contributed by atoms with Gasteiger partial charge in [-0.1, -0.05) is 4.48 Å². The van der Waals surface area contributed by atoms with Crippen molar-refractivity contribution in [2.45, 2.75) is 12.1 Å². The van der Waals surface area contributed by atoms with Crippen LogP contribution >= 0.6 is 0 Å². The molecule has 2 nitrogen and oxygen atoms in total. The zero-order valence-corrected chi connectivity index (χ0v) is 10.3. The zero-order chi connectivity index (χ0) is 14.7. The average Bonchev–Trinajstić information content (AvgIpc) is 2.31. The van der Waals surface area contributed by atoms with Gasteiger partial charge in [-0.05, 0) is 0 Å². The number of nitrogens with zero attached hydrogens (tertiary/aromatic N) is 1. The molecule has 0 amide bonds. The van der Waals surface area contributed by atoms with Crippen molar-refractivity contribution < 1.29 is 44.3 Å². The number of hydrogen-bond acceptors (Lipinski definition) is 2. The Kier molecular flexibility index (Phi) is 4.85. The summed E-state index contributed by atoms with van der Waals surface area (Å²) in [6, 6.07) is -11.0. The van der Waals surface area contributed by atoms with E-state index in [1.807, 2.05) is 0 Å². The Labute approximate surface area is 113 Å². The third-order valence-electron chi connectivity index (χ3n) is 2.34. The van der Waals surface area contributed by atoms with E-state index in [9.17, 15) is 39.6 Å². The lowest BCUT2D eigenvalue weighted by Crippen LogP contribution is -2.59. The molecule has 1 N–H and O–H groups in total. The van der Waals surface area contributed by atoms with Crippen LogP contribution in [0, 0.1) is 23.3 Å². The largest absolute Gasteiger partial charge is 0.434 e. The second-order valence-electron chi connectivity index (χ2n) is 3.50. The van der Waals surface area contributed by atoms with Gasteiger partial charge in [-0.3, -0.25) is 4.70 Å². The maximum absolute atomic E-state index is 13.1. The van der Waals surface area contributed by atoms with Gasteiger partial charge in [0.05, 0.1) is 0 Å². The van der Waals surface area contributed by atoms with Gasteiger partial charge < -0.3 is 5.32 Å². The van der Waals surface area contributed by atoms with E-state index in [1.165, 1.54) is 0 Å². The number of anilines is 2. The summed E-state index contributed by atoms with van der Waals surface area (Å²) in [5.41, 5.74) is -4.14. The lowest BCUT2D eigenvalue weighted by Gasteiger charge is -2.37. The molecule has 4 radical (unpaired) electrons. The first kappa shape index (κ1) is 19.3. The zero-order valence-electron chi connectivity index (χ0n) is 9.26. The minimum atomic E-state index is -5.63. The van der Waals surface area contributed by atoms with Crippen LogP contribution in [0.5, 0.6) is 0 Å². The summed E-state index contributed by atoms with van der Waals surface area (Å²) in [6.45, 7) is 0. The van der Waals surface area contributed by atoms with Gasteiger partial charge in [0.1, 0.15) is 11.4 Å². The van der Waals surface area contributed by atoms with Gasteiger partial charge in [-0.2, -0.15) is 17.6 Å². The lowest BCUT2D eigenvalue weighted by molar-refractivity contribution is -0.212. The first-order valence-electron chi connectivity index (χ1n) is 4.38. The molecule has 21 heavy (non-hydrogen) atoms. The van der Waals surface area contributed by atoms with Crippen molar-refractivity contribution in [3.8, 4) is 0 Å². The van der Waals surface area contributed by atoms with Gasteiger partial charge in [0.2, 0.25) is 0 Å². The summed E-state index contributed by atoms with van der Waals surface area (Å²) in [5, 5.41) is -1.71. The summed E-state index contributed by atoms with van der Waals surface area (Å²) in [6.07, 6.45) is 0. The number of benzene rings is 1. The van der Waals surface area contributed by atoms with Crippen molar-refractivity contribution in [3.63, 3.8) is 0 Å². The fourth-order valence-corrected chi connectivity index (χ4v) is 1.41. The van der Waals surface area contributed by atoms with Crippen LogP contribution in [0.25, 0.3) is 0 Å². The van der Waals surface area contributed by atoms with Crippen LogP contribution < -0.4 is 10.4 Å². The summed E-state index contributed by atoms with van der Waals surface area (Å²) in [7, 11) is 0. The van der Waals surface area contributed by atoms with Crippen molar-refractivity contribution in [2.24, 2.45) is 0 Å². The lowest BCUT2D eigenvalue weighted by atomic mass is 10.1. The molecule has 0 fully saturated rings. The second kappa shape index (κ2) is 5.27. The molecular weight excluding hydrogens is 342 g/mol. The molecule has 0 aliphatic carbocycles. The topological polar surface area (TPSA) is 15.3 Å². The molecule has 0 unspecified atom stereocenters. The van der Waals surface area contributed by atoms with Crippen LogP contribution in [0.1, 0.15) is 0 Å². The predicted molar refractivity (Wildman–Crippen MR) is 51.6 cm³/mol. The number of alkyl halides is 4. The van der Waals surface area contributed by atoms with E-state index >= 15 is 0 Å². The van der Waals surface area contributed by atoms with Crippen LogP contribution in [-0.2, 0) is 0 Å². The molecule has 0 saturated carbocycles. The molecule has 0 atom stereocenters. The third-order valence-corrected chi connectivity index (χ3v) is 2.34. The Balaban J connectivity index is 0.00000200. The highest BCUT2D eigenvalue weighted by Gasteiger charge is 2.67. The number of fused-ring (bicyclic) bond motifs is 1. The molecule has 1 heterocycles. The van der Waals surface area contributed by atoms with Crippen LogP contribution in [0.15, 0.2) is 0 Å². The maximum Gasteiger partial charge on any atom is 0.434 e.